The van der Waals surface area contributed by atoms with Gasteiger partial charge in [0.2, 0.25) is 6.10 Å². The van der Waals surface area contributed by atoms with E-state index in [-0.39, 0.29) is 44.8 Å². The molecule has 4 nitrogen and oxygen atoms in total. The standard InChI is InChI=1S/C15H12BrCl2F3O4/c1-3-23-12-10(18)8(16)9(17)6-5-7(14(22)24-4-2)13(15(19,20)21)25-11(6)12/h5,13H,3-4H2,1-2H3. The van der Waals surface area contributed by atoms with Crippen LogP contribution >= 0.6 is 39.1 Å². The van der Waals surface area contributed by atoms with E-state index in [1.165, 1.54) is 6.92 Å². The lowest BCUT2D eigenvalue weighted by Crippen LogP contribution is -2.41. The minimum Gasteiger partial charge on any atom is -0.488 e. The molecule has 1 atom stereocenters. The van der Waals surface area contributed by atoms with E-state index >= 15 is 0 Å². The lowest BCUT2D eigenvalue weighted by atomic mass is 10.0. The fourth-order valence-electron chi connectivity index (χ4n) is 2.19. The van der Waals surface area contributed by atoms with Crippen LogP contribution in [0.15, 0.2) is 10.0 Å². The van der Waals surface area contributed by atoms with E-state index in [9.17, 15) is 18.0 Å². The highest BCUT2D eigenvalue weighted by Gasteiger charge is 2.50. The van der Waals surface area contributed by atoms with Gasteiger partial charge >= 0.3 is 12.1 Å². The Bertz CT molecular complexity index is 735. The van der Waals surface area contributed by atoms with E-state index in [4.69, 9.17) is 37.4 Å². The van der Waals surface area contributed by atoms with Crippen molar-refractivity contribution in [3.63, 3.8) is 0 Å². The molecule has 138 valence electrons. The van der Waals surface area contributed by atoms with Crippen LogP contribution in [0.5, 0.6) is 11.5 Å². The monoisotopic (exact) mass is 462 g/mol. The lowest BCUT2D eigenvalue weighted by Gasteiger charge is -2.30. The number of ether oxygens (including phenoxy) is 3. The van der Waals surface area contributed by atoms with Gasteiger partial charge in [0.25, 0.3) is 0 Å². The molecule has 2 rings (SSSR count). The van der Waals surface area contributed by atoms with Gasteiger partial charge in [-0.15, -0.1) is 0 Å². The highest BCUT2D eigenvalue weighted by Crippen LogP contribution is 2.52. The highest BCUT2D eigenvalue weighted by molar-refractivity contribution is 9.10. The van der Waals surface area contributed by atoms with Crippen LogP contribution < -0.4 is 9.47 Å². The van der Waals surface area contributed by atoms with Crippen molar-refractivity contribution in [1.82, 2.24) is 0 Å². The molecule has 0 N–H and O–H groups in total. The van der Waals surface area contributed by atoms with Gasteiger partial charge in [0.05, 0.1) is 28.3 Å². The number of halogens is 6. The number of carbonyl (C=O) groups is 1. The van der Waals surface area contributed by atoms with E-state index in [0.29, 0.717) is 0 Å². The van der Waals surface area contributed by atoms with Crippen LogP contribution in [0.1, 0.15) is 19.4 Å². The minimum atomic E-state index is -4.86. The van der Waals surface area contributed by atoms with Crippen LogP contribution in [0.4, 0.5) is 13.2 Å². The zero-order chi connectivity index (χ0) is 18.9. The summed E-state index contributed by atoms with van der Waals surface area (Å²) >= 11 is 15.4. The molecule has 1 aromatic carbocycles. The Morgan fingerprint density at radius 2 is 1.92 bits per heavy atom. The van der Waals surface area contributed by atoms with Gasteiger partial charge in [-0.3, -0.25) is 0 Å². The summed E-state index contributed by atoms with van der Waals surface area (Å²) in [5.41, 5.74) is -0.662. The van der Waals surface area contributed by atoms with Gasteiger partial charge in [-0.2, -0.15) is 13.2 Å². The van der Waals surface area contributed by atoms with Crippen LogP contribution in [0.25, 0.3) is 6.08 Å². The molecule has 0 spiro atoms. The maximum atomic E-state index is 13.4. The number of esters is 1. The van der Waals surface area contributed by atoms with Gasteiger partial charge < -0.3 is 14.2 Å². The molecule has 0 radical (unpaired) electrons. The lowest BCUT2D eigenvalue weighted by molar-refractivity contribution is -0.188. The molecule has 1 aliphatic heterocycles. The number of carbonyl (C=O) groups excluding carboxylic acids is 1. The molecular formula is C15H12BrCl2F3O4. The molecule has 25 heavy (non-hydrogen) atoms. The van der Waals surface area contributed by atoms with E-state index in [1.807, 2.05) is 0 Å². The summed E-state index contributed by atoms with van der Waals surface area (Å²) in [6.07, 6.45) is -6.39. The molecule has 1 aliphatic rings. The van der Waals surface area contributed by atoms with E-state index in [0.717, 1.165) is 6.08 Å². The smallest absolute Gasteiger partial charge is 0.430 e. The van der Waals surface area contributed by atoms with Gasteiger partial charge in [-0.1, -0.05) is 23.2 Å². The van der Waals surface area contributed by atoms with E-state index in [2.05, 4.69) is 15.9 Å². The summed E-state index contributed by atoms with van der Waals surface area (Å²) in [6, 6.07) is 0. The molecule has 0 aliphatic carbocycles. The van der Waals surface area contributed by atoms with E-state index < -0.39 is 23.8 Å². The van der Waals surface area contributed by atoms with Gasteiger partial charge in [0.1, 0.15) is 5.02 Å². The molecule has 0 fully saturated rings. The second kappa shape index (κ2) is 7.63. The highest BCUT2D eigenvalue weighted by atomic mass is 79.9. The second-order valence-corrected chi connectivity index (χ2v) is 6.36. The fourth-order valence-corrected chi connectivity index (χ4v) is 3.10. The van der Waals surface area contributed by atoms with Crippen molar-refractivity contribution in [2.45, 2.75) is 26.1 Å². The van der Waals surface area contributed by atoms with Crippen LogP contribution in [-0.4, -0.2) is 31.5 Å². The minimum absolute atomic E-state index is 0.00845. The summed E-state index contributed by atoms with van der Waals surface area (Å²) in [5, 5.41) is -0.0367. The molecular weight excluding hydrogens is 452 g/mol. The first-order valence-corrected chi connectivity index (χ1v) is 8.63. The van der Waals surface area contributed by atoms with Crippen molar-refractivity contribution >= 4 is 51.2 Å². The van der Waals surface area contributed by atoms with Gasteiger partial charge in [-0.25, -0.2) is 4.79 Å². The fraction of sp³-hybridized carbons (Fsp3) is 0.400. The Morgan fingerprint density at radius 1 is 1.28 bits per heavy atom. The van der Waals surface area contributed by atoms with Crippen molar-refractivity contribution in [3.8, 4) is 11.5 Å². The van der Waals surface area contributed by atoms with Crippen LogP contribution in [0, 0.1) is 0 Å². The molecule has 0 saturated carbocycles. The molecule has 0 amide bonds. The van der Waals surface area contributed by atoms with E-state index in [1.54, 1.807) is 6.92 Å². The summed E-state index contributed by atoms with van der Waals surface area (Å²) in [4.78, 5) is 12.0. The van der Waals surface area contributed by atoms with Crippen LogP contribution in [0.3, 0.4) is 0 Å². The average molecular weight is 464 g/mol. The quantitative estimate of drug-likeness (QED) is 0.441. The van der Waals surface area contributed by atoms with Crippen molar-refractivity contribution < 1.29 is 32.2 Å². The maximum Gasteiger partial charge on any atom is 0.430 e. The summed E-state index contributed by atoms with van der Waals surface area (Å²) in [7, 11) is 0. The third-order valence-corrected chi connectivity index (χ3v) is 5.19. The molecule has 1 heterocycles. The first-order valence-electron chi connectivity index (χ1n) is 7.08. The Labute approximate surface area is 159 Å². The number of rotatable bonds is 4. The zero-order valence-corrected chi connectivity index (χ0v) is 16.1. The number of hydrogen-bond donors (Lipinski definition) is 0. The van der Waals surface area contributed by atoms with Gasteiger partial charge in [0, 0.05) is 5.56 Å². The number of hydrogen-bond acceptors (Lipinski definition) is 4. The largest absolute Gasteiger partial charge is 0.488 e. The molecule has 1 unspecified atom stereocenters. The summed E-state index contributed by atoms with van der Waals surface area (Å²) in [6.45, 7) is 3.16. The molecule has 0 saturated heterocycles. The van der Waals surface area contributed by atoms with Crippen molar-refractivity contribution in [1.29, 1.82) is 0 Å². The summed E-state index contributed by atoms with van der Waals surface area (Å²) in [5.74, 6) is -1.52. The number of fused-ring (bicyclic) bond motifs is 1. The Morgan fingerprint density at radius 3 is 2.44 bits per heavy atom. The van der Waals surface area contributed by atoms with Crippen molar-refractivity contribution in [2.75, 3.05) is 13.2 Å². The molecule has 0 bridgehead atoms. The van der Waals surface area contributed by atoms with Crippen molar-refractivity contribution in [2.24, 2.45) is 0 Å². The number of alkyl halides is 3. The molecule has 1 aromatic rings. The Balaban J connectivity index is 2.73. The maximum absolute atomic E-state index is 13.4. The average Bonchev–Trinajstić information content (AvgIpc) is 2.55. The first kappa shape index (κ1) is 20.2. The third-order valence-electron chi connectivity index (χ3n) is 3.19. The van der Waals surface area contributed by atoms with Gasteiger partial charge in [0.15, 0.2) is 11.5 Å². The molecule has 0 aromatic heterocycles. The normalized spacial score (nSPS) is 16.6. The third kappa shape index (κ3) is 3.85. The second-order valence-electron chi connectivity index (χ2n) is 4.81. The Hall–Kier alpha value is -1.12. The van der Waals surface area contributed by atoms with Crippen LogP contribution in [0.2, 0.25) is 10.0 Å². The van der Waals surface area contributed by atoms with Crippen LogP contribution in [-0.2, 0) is 9.53 Å². The predicted molar refractivity (Wildman–Crippen MR) is 90.4 cm³/mol. The zero-order valence-electron chi connectivity index (χ0n) is 13.0. The SMILES string of the molecule is CCOC(=O)C1=Cc2c(Cl)c(Br)c(Cl)c(OCC)c2OC1C(F)(F)F. The van der Waals surface area contributed by atoms with Crippen molar-refractivity contribution in [3.05, 3.63) is 25.7 Å². The predicted octanol–water partition coefficient (Wildman–Crippen LogP) is 5.42. The van der Waals surface area contributed by atoms with Gasteiger partial charge in [-0.05, 0) is 35.9 Å². The molecule has 10 heteroatoms. The first-order chi connectivity index (χ1) is 11.6. The summed E-state index contributed by atoms with van der Waals surface area (Å²) < 4.78 is 55.5. The number of benzene rings is 1. The Kier molecular flexibility index (Phi) is 6.17. The topological polar surface area (TPSA) is 44.8 Å².